The molecule has 0 bridgehead atoms. The molecule has 0 fully saturated rings. The molecule has 0 aliphatic rings. The molecule has 1 amide bonds. The largest absolute Gasteiger partial charge is 0.325 e. The summed E-state index contributed by atoms with van der Waals surface area (Å²) in [6.45, 7) is 4.26. The Morgan fingerprint density at radius 2 is 1.70 bits per heavy atom. The van der Waals surface area contributed by atoms with Crippen LogP contribution in [0.5, 0.6) is 0 Å². The zero-order chi connectivity index (χ0) is 23.4. The zero-order valence-electron chi connectivity index (χ0n) is 18.1. The highest BCUT2D eigenvalue weighted by molar-refractivity contribution is 8.01. The minimum Gasteiger partial charge on any atom is -0.325 e. The number of carbonyl (C=O) groups excluding carboxylic acids is 1. The maximum absolute atomic E-state index is 12.6. The molecule has 1 heterocycles. The van der Waals surface area contributed by atoms with E-state index in [0.717, 1.165) is 20.2 Å². The molecule has 0 radical (unpaired) electrons. The van der Waals surface area contributed by atoms with E-state index < -0.39 is 10.0 Å². The van der Waals surface area contributed by atoms with Crippen LogP contribution in [-0.2, 0) is 14.8 Å². The van der Waals surface area contributed by atoms with Crippen LogP contribution in [0.15, 0.2) is 82.0 Å². The molecule has 3 aromatic carbocycles. The van der Waals surface area contributed by atoms with E-state index in [1.54, 1.807) is 48.5 Å². The molecule has 0 unspecified atom stereocenters. The van der Waals surface area contributed by atoms with Crippen LogP contribution in [0.2, 0.25) is 0 Å². The van der Waals surface area contributed by atoms with Crippen molar-refractivity contribution < 1.29 is 13.2 Å². The first kappa shape index (κ1) is 23.3. The molecule has 4 aromatic rings. The van der Waals surface area contributed by atoms with Gasteiger partial charge in [0, 0.05) is 5.69 Å². The number of carbonyl (C=O) groups is 1. The lowest BCUT2D eigenvalue weighted by Crippen LogP contribution is -2.13. The summed E-state index contributed by atoms with van der Waals surface area (Å²) >= 11 is 2.78. The Kier molecular flexibility index (Phi) is 7.02. The van der Waals surface area contributed by atoms with E-state index in [4.69, 9.17) is 0 Å². The molecule has 0 aliphatic heterocycles. The van der Waals surface area contributed by atoms with Gasteiger partial charge < -0.3 is 5.32 Å². The van der Waals surface area contributed by atoms with Gasteiger partial charge in [-0.2, -0.15) is 0 Å². The van der Waals surface area contributed by atoms with Gasteiger partial charge >= 0.3 is 0 Å². The van der Waals surface area contributed by atoms with Crippen LogP contribution < -0.4 is 10.0 Å². The van der Waals surface area contributed by atoms with Gasteiger partial charge in [0.05, 0.1) is 26.6 Å². The number of nitrogens with one attached hydrogen (secondary N) is 2. The van der Waals surface area contributed by atoms with Gasteiger partial charge in [-0.1, -0.05) is 55.9 Å². The van der Waals surface area contributed by atoms with E-state index in [-0.39, 0.29) is 16.6 Å². The lowest BCUT2D eigenvalue weighted by molar-refractivity contribution is -0.113. The molecule has 33 heavy (non-hydrogen) atoms. The van der Waals surface area contributed by atoms with Crippen LogP contribution in [0.1, 0.15) is 25.3 Å². The van der Waals surface area contributed by atoms with Gasteiger partial charge in [-0.15, -0.1) is 11.3 Å². The fraction of sp³-hybridized carbons (Fsp3) is 0.167. The average molecular weight is 498 g/mol. The topological polar surface area (TPSA) is 88.2 Å². The van der Waals surface area contributed by atoms with Crippen molar-refractivity contribution >= 4 is 60.6 Å². The summed E-state index contributed by atoms with van der Waals surface area (Å²) in [5, 5.41) is 2.90. The van der Waals surface area contributed by atoms with Crippen LogP contribution in [0, 0.1) is 0 Å². The molecule has 0 atom stereocenters. The van der Waals surface area contributed by atoms with Crippen molar-refractivity contribution in [2.75, 3.05) is 15.8 Å². The molecule has 9 heteroatoms. The van der Waals surface area contributed by atoms with Crippen LogP contribution in [0.25, 0.3) is 10.2 Å². The Morgan fingerprint density at radius 1 is 1.00 bits per heavy atom. The van der Waals surface area contributed by atoms with E-state index in [1.807, 2.05) is 24.3 Å². The highest BCUT2D eigenvalue weighted by Crippen LogP contribution is 2.32. The molecule has 0 saturated heterocycles. The van der Waals surface area contributed by atoms with Crippen LogP contribution in [0.4, 0.5) is 11.4 Å². The van der Waals surface area contributed by atoms with Gasteiger partial charge in [-0.05, 0) is 53.9 Å². The number of thiazole rings is 1. The predicted molar refractivity (Wildman–Crippen MR) is 137 cm³/mol. The van der Waals surface area contributed by atoms with Crippen molar-refractivity contribution in [2.24, 2.45) is 0 Å². The van der Waals surface area contributed by atoms with Gasteiger partial charge in [-0.25, -0.2) is 13.4 Å². The third-order valence-electron chi connectivity index (χ3n) is 4.86. The number of anilines is 2. The molecule has 170 valence electrons. The van der Waals surface area contributed by atoms with Crippen molar-refractivity contribution in [3.8, 4) is 0 Å². The number of thioether (sulfide) groups is 1. The van der Waals surface area contributed by atoms with Crippen LogP contribution in [0.3, 0.4) is 0 Å². The quantitative estimate of drug-likeness (QED) is 0.294. The Hall–Kier alpha value is -2.88. The third kappa shape index (κ3) is 5.93. The first-order valence-electron chi connectivity index (χ1n) is 10.3. The summed E-state index contributed by atoms with van der Waals surface area (Å²) in [4.78, 5) is 17.1. The number of aromatic nitrogens is 1. The Morgan fingerprint density at radius 3 is 2.39 bits per heavy atom. The maximum Gasteiger partial charge on any atom is 0.261 e. The maximum atomic E-state index is 12.6. The number of benzene rings is 3. The molecule has 0 saturated carbocycles. The van der Waals surface area contributed by atoms with Gasteiger partial charge in [0.15, 0.2) is 4.34 Å². The summed E-state index contributed by atoms with van der Waals surface area (Å²) in [6, 6.07) is 21.3. The summed E-state index contributed by atoms with van der Waals surface area (Å²) in [5.41, 5.74) is 3.22. The molecule has 1 aromatic heterocycles. The fourth-order valence-corrected chi connectivity index (χ4v) is 6.10. The molecule has 0 spiro atoms. The van der Waals surface area contributed by atoms with Crippen molar-refractivity contribution in [3.05, 3.63) is 78.4 Å². The van der Waals surface area contributed by atoms with Crippen molar-refractivity contribution in [3.63, 3.8) is 0 Å². The zero-order valence-corrected chi connectivity index (χ0v) is 20.6. The van der Waals surface area contributed by atoms with Crippen molar-refractivity contribution in [1.29, 1.82) is 0 Å². The van der Waals surface area contributed by atoms with Crippen molar-refractivity contribution in [1.82, 2.24) is 4.98 Å². The number of amides is 1. The number of hydrogen-bond acceptors (Lipinski definition) is 6. The van der Waals surface area contributed by atoms with E-state index in [0.29, 0.717) is 11.6 Å². The number of rotatable bonds is 8. The third-order valence-corrected chi connectivity index (χ3v) is 8.42. The normalized spacial score (nSPS) is 11.6. The molecular formula is C24H23N3O3S3. The standard InChI is InChI=1S/C24H23N3O3S3/c1-16(2)17-8-10-18(11-9-17)25-23(28)15-31-24-26-21-13-12-19(14-22(21)32-24)27-33(29,30)20-6-4-3-5-7-20/h3-14,16,27H,15H2,1-2H3,(H,25,28). The summed E-state index contributed by atoms with van der Waals surface area (Å²) in [7, 11) is -3.66. The Bertz CT molecular complexity index is 1370. The van der Waals surface area contributed by atoms with Crippen molar-refractivity contribution in [2.45, 2.75) is 29.0 Å². The molecular weight excluding hydrogens is 474 g/mol. The monoisotopic (exact) mass is 497 g/mol. The summed E-state index contributed by atoms with van der Waals surface area (Å²) in [5.74, 6) is 0.575. The summed E-state index contributed by atoms with van der Waals surface area (Å²) in [6.07, 6.45) is 0. The first-order valence-corrected chi connectivity index (χ1v) is 13.6. The van der Waals surface area contributed by atoms with Crippen LogP contribution in [-0.4, -0.2) is 25.1 Å². The van der Waals surface area contributed by atoms with Gasteiger partial charge in [0.2, 0.25) is 5.91 Å². The SMILES string of the molecule is CC(C)c1ccc(NC(=O)CSc2nc3ccc(NS(=O)(=O)c4ccccc4)cc3s2)cc1. The van der Waals surface area contributed by atoms with Gasteiger partial charge in [0.25, 0.3) is 10.0 Å². The summed E-state index contributed by atoms with van der Waals surface area (Å²) < 4.78 is 29.3. The Balaban J connectivity index is 1.38. The smallest absolute Gasteiger partial charge is 0.261 e. The predicted octanol–water partition coefficient (Wildman–Crippen LogP) is 5.95. The lowest BCUT2D eigenvalue weighted by atomic mass is 10.0. The molecule has 6 nitrogen and oxygen atoms in total. The lowest BCUT2D eigenvalue weighted by Gasteiger charge is -2.08. The first-order chi connectivity index (χ1) is 15.8. The van der Waals surface area contributed by atoms with E-state index >= 15 is 0 Å². The van der Waals surface area contributed by atoms with Crippen LogP contribution >= 0.6 is 23.1 Å². The second kappa shape index (κ2) is 9.94. The van der Waals surface area contributed by atoms with E-state index in [1.165, 1.54) is 28.7 Å². The average Bonchev–Trinajstić information content (AvgIpc) is 3.21. The number of fused-ring (bicyclic) bond motifs is 1. The molecule has 4 rings (SSSR count). The number of nitrogens with zero attached hydrogens (tertiary/aromatic N) is 1. The highest BCUT2D eigenvalue weighted by atomic mass is 32.2. The molecule has 2 N–H and O–H groups in total. The number of sulfonamides is 1. The fourth-order valence-electron chi connectivity index (χ4n) is 3.12. The molecule has 0 aliphatic carbocycles. The Labute approximate surface area is 201 Å². The van der Waals surface area contributed by atoms with E-state index in [9.17, 15) is 13.2 Å². The van der Waals surface area contributed by atoms with Gasteiger partial charge in [-0.3, -0.25) is 9.52 Å². The second-order valence-electron chi connectivity index (χ2n) is 7.69. The minimum atomic E-state index is -3.66. The van der Waals surface area contributed by atoms with Gasteiger partial charge in [0.1, 0.15) is 0 Å². The minimum absolute atomic E-state index is 0.104. The number of hydrogen-bond donors (Lipinski definition) is 2. The van der Waals surface area contributed by atoms with E-state index in [2.05, 4.69) is 28.9 Å². The highest BCUT2D eigenvalue weighted by Gasteiger charge is 2.15. The second-order valence-corrected chi connectivity index (χ2v) is 11.6.